The van der Waals surface area contributed by atoms with Crippen LogP contribution in [-0.2, 0) is 23.1 Å². The van der Waals surface area contributed by atoms with Crippen LogP contribution in [0.25, 0.3) is 0 Å². The zero-order chi connectivity index (χ0) is 20.1. The number of rotatable bonds is 7. The number of anilines is 1. The van der Waals surface area contributed by atoms with E-state index in [9.17, 15) is 9.59 Å². The summed E-state index contributed by atoms with van der Waals surface area (Å²) < 4.78 is 1.77. The minimum absolute atomic E-state index is 0.0222. The van der Waals surface area contributed by atoms with E-state index in [0.29, 0.717) is 22.8 Å². The molecule has 1 fully saturated rings. The summed E-state index contributed by atoms with van der Waals surface area (Å²) in [4.78, 5) is 24.4. The van der Waals surface area contributed by atoms with Gasteiger partial charge < -0.3 is 15.2 Å². The topological polar surface area (TPSA) is 88.9 Å². The van der Waals surface area contributed by atoms with Crippen molar-refractivity contribution in [3.8, 4) is 0 Å². The molecule has 1 aromatic carbocycles. The zero-order valence-corrected chi connectivity index (χ0v) is 17.4. The van der Waals surface area contributed by atoms with Crippen molar-refractivity contribution < 1.29 is 9.59 Å². The Labute approximate surface area is 169 Å². The molecule has 0 radical (unpaired) electrons. The lowest BCUT2D eigenvalue weighted by molar-refractivity contribution is -0.119. The lowest BCUT2D eigenvalue weighted by Gasteiger charge is -2.11. The van der Waals surface area contributed by atoms with E-state index in [1.165, 1.54) is 30.2 Å². The van der Waals surface area contributed by atoms with E-state index in [0.717, 1.165) is 24.1 Å². The van der Waals surface area contributed by atoms with Crippen molar-refractivity contribution in [3.63, 3.8) is 0 Å². The van der Waals surface area contributed by atoms with Crippen LogP contribution in [0.15, 0.2) is 23.4 Å². The standard InChI is InChI=1S/C20H27N5O2S/c1-13-8-9-16(10-14(13)2)22-18(26)11-17-23-24-20(25(17)3)28-12-19(27)21-15-6-4-5-7-15/h8-10,15H,4-7,11-12H2,1-3H3,(H,21,27)(H,22,26). The molecule has 0 spiro atoms. The van der Waals surface area contributed by atoms with Gasteiger partial charge in [0, 0.05) is 18.8 Å². The fraction of sp³-hybridized carbons (Fsp3) is 0.500. The van der Waals surface area contributed by atoms with Gasteiger partial charge in [0.2, 0.25) is 11.8 Å². The van der Waals surface area contributed by atoms with Gasteiger partial charge in [-0.05, 0) is 49.9 Å². The highest BCUT2D eigenvalue weighted by Crippen LogP contribution is 2.20. The molecule has 150 valence electrons. The summed E-state index contributed by atoms with van der Waals surface area (Å²) >= 11 is 1.34. The number of hydrogen-bond donors (Lipinski definition) is 2. The van der Waals surface area contributed by atoms with Gasteiger partial charge in [-0.2, -0.15) is 0 Å². The lowest BCUT2D eigenvalue weighted by atomic mass is 10.1. The Morgan fingerprint density at radius 1 is 1.14 bits per heavy atom. The van der Waals surface area contributed by atoms with Crippen LogP contribution in [0.4, 0.5) is 5.69 Å². The minimum atomic E-state index is -0.144. The Kier molecular flexibility index (Phi) is 6.72. The zero-order valence-electron chi connectivity index (χ0n) is 16.6. The van der Waals surface area contributed by atoms with Gasteiger partial charge in [0.15, 0.2) is 5.16 Å². The Morgan fingerprint density at radius 3 is 2.61 bits per heavy atom. The minimum Gasteiger partial charge on any atom is -0.353 e. The molecule has 0 unspecified atom stereocenters. The van der Waals surface area contributed by atoms with Crippen molar-refractivity contribution in [1.82, 2.24) is 20.1 Å². The third-order valence-corrected chi connectivity index (χ3v) is 6.11. The van der Waals surface area contributed by atoms with Gasteiger partial charge in [-0.3, -0.25) is 9.59 Å². The molecule has 28 heavy (non-hydrogen) atoms. The molecule has 1 aliphatic rings. The number of carbonyl (C=O) groups excluding carboxylic acids is 2. The maximum Gasteiger partial charge on any atom is 0.232 e. The van der Waals surface area contributed by atoms with E-state index in [1.54, 1.807) is 4.57 Å². The Hall–Kier alpha value is -2.35. The fourth-order valence-electron chi connectivity index (χ4n) is 3.26. The largest absolute Gasteiger partial charge is 0.353 e. The Bertz CT molecular complexity index is 858. The lowest BCUT2D eigenvalue weighted by Crippen LogP contribution is -2.33. The predicted molar refractivity (Wildman–Crippen MR) is 110 cm³/mol. The summed E-state index contributed by atoms with van der Waals surface area (Å²) in [5, 5.41) is 14.8. The van der Waals surface area contributed by atoms with Gasteiger partial charge in [0.05, 0.1) is 12.2 Å². The first-order valence-electron chi connectivity index (χ1n) is 9.60. The van der Waals surface area contributed by atoms with Crippen LogP contribution in [-0.4, -0.2) is 38.4 Å². The monoisotopic (exact) mass is 401 g/mol. The molecule has 1 aliphatic carbocycles. The average molecular weight is 402 g/mol. The molecule has 8 heteroatoms. The molecule has 0 atom stereocenters. The molecule has 7 nitrogen and oxygen atoms in total. The number of thioether (sulfide) groups is 1. The van der Waals surface area contributed by atoms with Crippen LogP contribution in [0.2, 0.25) is 0 Å². The highest BCUT2D eigenvalue weighted by Gasteiger charge is 2.18. The van der Waals surface area contributed by atoms with Crippen molar-refractivity contribution in [1.29, 1.82) is 0 Å². The van der Waals surface area contributed by atoms with E-state index >= 15 is 0 Å². The highest BCUT2D eigenvalue weighted by molar-refractivity contribution is 7.99. The Balaban J connectivity index is 1.51. The van der Waals surface area contributed by atoms with E-state index in [4.69, 9.17) is 0 Å². The van der Waals surface area contributed by atoms with E-state index < -0.39 is 0 Å². The first-order chi connectivity index (χ1) is 13.4. The third kappa shape index (κ3) is 5.34. The first-order valence-corrected chi connectivity index (χ1v) is 10.6. The molecule has 3 rings (SSSR count). The predicted octanol–water partition coefficient (Wildman–Crippen LogP) is 2.76. The number of nitrogens with one attached hydrogen (secondary N) is 2. The highest BCUT2D eigenvalue weighted by atomic mass is 32.2. The van der Waals surface area contributed by atoms with Crippen molar-refractivity contribution in [3.05, 3.63) is 35.2 Å². The van der Waals surface area contributed by atoms with Crippen molar-refractivity contribution in [2.75, 3.05) is 11.1 Å². The van der Waals surface area contributed by atoms with Crippen LogP contribution in [0.3, 0.4) is 0 Å². The second kappa shape index (κ2) is 9.23. The molecule has 0 saturated heterocycles. The van der Waals surface area contributed by atoms with Crippen LogP contribution in [0, 0.1) is 13.8 Å². The van der Waals surface area contributed by atoms with Gasteiger partial charge in [-0.25, -0.2) is 0 Å². The Morgan fingerprint density at radius 2 is 1.89 bits per heavy atom. The van der Waals surface area contributed by atoms with Gasteiger partial charge in [0.1, 0.15) is 5.82 Å². The fourth-order valence-corrected chi connectivity index (χ4v) is 4.00. The van der Waals surface area contributed by atoms with Crippen LogP contribution in [0.1, 0.15) is 42.6 Å². The van der Waals surface area contributed by atoms with E-state index in [1.807, 2.05) is 39.1 Å². The van der Waals surface area contributed by atoms with Crippen LogP contribution < -0.4 is 10.6 Å². The molecular formula is C20H27N5O2S. The van der Waals surface area contributed by atoms with Crippen molar-refractivity contribution in [2.45, 2.75) is 57.1 Å². The second-order valence-corrected chi connectivity index (χ2v) is 8.26. The maximum absolute atomic E-state index is 12.3. The summed E-state index contributed by atoms with van der Waals surface area (Å²) in [6, 6.07) is 6.14. The molecule has 1 heterocycles. The van der Waals surface area contributed by atoms with Crippen LogP contribution in [0.5, 0.6) is 0 Å². The van der Waals surface area contributed by atoms with Gasteiger partial charge in [0.25, 0.3) is 0 Å². The molecule has 2 aromatic rings. The normalized spacial score (nSPS) is 14.2. The van der Waals surface area contributed by atoms with Crippen LogP contribution >= 0.6 is 11.8 Å². The maximum atomic E-state index is 12.3. The summed E-state index contributed by atoms with van der Waals surface area (Å²) in [5.74, 6) is 0.750. The molecule has 1 aromatic heterocycles. The molecule has 2 N–H and O–H groups in total. The van der Waals surface area contributed by atoms with E-state index in [2.05, 4.69) is 20.8 Å². The number of hydrogen-bond acceptors (Lipinski definition) is 5. The number of amides is 2. The molecule has 1 saturated carbocycles. The summed E-state index contributed by atoms with van der Waals surface area (Å²) in [5.41, 5.74) is 3.09. The SMILES string of the molecule is Cc1ccc(NC(=O)Cc2nnc(SCC(=O)NC3CCCC3)n2C)cc1C. The van der Waals surface area contributed by atoms with Gasteiger partial charge in [-0.1, -0.05) is 30.7 Å². The van der Waals surface area contributed by atoms with Gasteiger partial charge in [-0.15, -0.1) is 10.2 Å². The number of nitrogens with zero attached hydrogens (tertiary/aromatic N) is 3. The molecule has 0 bridgehead atoms. The van der Waals surface area contributed by atoms with E-state index in [-0.39, 0.29) is 18.2 Å². The number of aryl methyl sites for hydroxylation is 2. The summed E-state index contributed by atoms with van der Waals surface area (Å²) in [6.07, 6.45) is 4.65. The third-order valence-electron chi connectivity index (χ3n) is 5.09. The van der Waals surface area contributed by atoms with Crippen molar-refractivity contribution in [2.24, 2.45) is 7.05 Å². The molecule has 0 aliphatic heterocycles. The quantitative estimate of drug-likeness (QED) is 0.697. The number of aromatic nitrogens is 3. The molecular weight excluding hydrogens is 374 g/mol. The molecule has 2 amide bonds. The van der Waals surface area contributed by atoms with Crippen molar-refractivity contribution >= 4 is 29.3 Å². The smallest absolute Gasteiger partial charge is 0.232 e. The number of benzene rings is 1. The first kappa shape index (κ1) is 20.4. The average Bonchev–Trinajstić information content (AvgIpc) is 3.27. The number of carbonyl (C=O) groups is 2. The summed E-state index contributed by atoms with van der Waals surface area (Å²) in [6.45, 7) is 4.05. The van der Waals surface area contributed by atoms with Gasteiger partial charge >= 0.3 is 0 Å². The second-order valence-electron chi connectivity index (χ2n) is 7.32. The summed E-state index contributed by atoms with van der Waals surface area (Å²) in [7, 11) is 1.82.